The van der Waals surface area contributed by atoms with Gasteiger partial charge in [0.05, 0.1) is 17.5 Å². The zero-order valence-electron chi connectivity index (χ0n) is 15.8. The van der Waals surface area contributed by atoms with E-state index in [4.69, 9.17) is 0 Å². The summed E-state index contributed by atoms with van der Waals surface area (Å²) in [5, 5.41) is 5.84. The molecule has 0 N–H and O–H groups in total. The van der Waals surface area contributed by atoms with E-state index in [0.29, 0.717) is 17.6 Å². The molecule has 0 unspecified atom stereocenters. The Kier molecular flexibility index (Phi) is 6.04. The van der Waals surface area contributed by atoms with E-state index in [1.165, 1.54) is 23.9 Å². The summed E-state index contributed by atoms with van der Waals surface area (Å²) in [7, 11) is 1.85. The van der Waals surface area contributed by atoms with Crippen LogP contribution in [0, 0.1) is 0 Å². The minimum Gasteiger partial charge on any atom is -0.344 e. The van der Waals surface area contributed by atoms with Crippen molar-refractivity contribution in [2.24, 2.45) is 0 Å². The van der Waals surface area contributed by atoms with Gasteiger partial charge in [-0.1, -0.05) is 24.6 Å². The number of piperidine rings is 1. The van der Waals surface area contributed by atoms with Crippen LogP contribution in [-0.4, -0.2) is 58.7 Å². The van der Waals surface area contributed by atoms with Crippen LogP contribution in [0.15, 0.2) is 29.1 Å². The van der Waals surface area contributed by atoms with Crippen molar-refractivity contribution in [1.29, 1.82) is 0 Å². The van der Waals surface area contributed by atoms with E-state index in [2.05, 4.69) is 10.00 Å². The Labute approximate surface area is 154 Å². The second-order valence-electron chi connectivity index (χ2n) is 7.01. The number of likely N-dealkylation sites (N-methyl/N-ethyl adjacent to an activating group) is 1. The van der Waals surface area contributed by atoms with E-state index in [0.717, 1.165) is 31.6 Å². The van der Waals surface area contributed by atoms with E-state index in [1.54, 1.807) is 11.0 Å². The van der Waals surface area contributed by atoms with Crippen molar-refractivity contribution in [2.75, 3.05) is 33.2 Å². The molecule has 0 aliphatic carbocycles. The minimum atomic E-state index is -0.0993. The molecule has 1 saturated heterocycles. The number of carbonyl (C=O) groups is 1. The summed E-state index contributed by atoms with van der Waals surface area (Å²) in [4.78, 5) is 29.3. The molecule has 1 fully saturated rings. The predicted octanol–water partition coefficient (Wildman–Crippen LogP) is 1.90. The molecule has 1 aliphatic rings. The fourth-order valence-corrected chi connectivity index (χ4v) is 3.53. The summed E-state index contributed by atoms with van der Waals surface area (Å²) in [5.41, 5.74) is 0.578. The van der Waals surface area contributed by atoms with Crippen LogP contribution in [0.3, 0.4) is 0 Å². The summed E-state index contributed by atoms with van der Waals surface area (Å²) in [5.74, 6) is 0.0426. The van der Waals surface area contributed by atoms with Gasteiger partial charge >= 0.3 is 0 Å². The van der Waals surface area contributed by atoms with Crippen molar-refractivity contribution in [3.8, 4) is 0 Å². The van der Waals surface area contributed by atoms with Crippen LogP contribution in [0.4, 0.5) is 0 Å². The van der Waals surface area contributed by atoms with Gasteiger partial charge in [0.2, 0.25) is 5.91 Å². The third-order valence-electron chi connectivity index (χ3n) is 5.19. The number of hydrogen-bond donors (Lipinski definition) is 0. The molecule has 3 rings (SSSR count). The molecule has 6 heteroatoms. The minimum absolute atomic E-state index is 0.0426. The largest absolute Gasteiger partial charge is 0.344 e. The third-order valence-corrected chi connectivity index (χ3v) is 5.19. The lowest BCUT2D eigenvalue weighted by Crippen LogP contribution is -2.39. The van der Waals surface area contributed by atoms with E-state index in [-0.39, 0.29) is 17.9 Å². The van der Waals surface area contributed by atoms with Crippen molar-refractivity contribution >= 4 is 16.7 Å². The molecule has 1 aromatic heterocycles. The molecule has 0 radical (unpaired) electrons. The van der Waals surface area contributed by atoms with E-state index in [9.17, 15) is 9.59 Å². The lowest BCUT2D eigenvalue weighted by Gasteiger charge is -2.28. The molecule has 0 saturated carbocycles. The van der Waals surface area contributed by atoms with Crippen LogP contribution in [0.25, 0.3) is 10.8 Å². The Morgan fingerprint density at radius 2 is 1.85 bits per heavy atom. The number of fused-ring (bicyclic) bond motifs is 1. The summed E-state index contributed by atoms with van der Waals surface area (Å²) in [6, 6.07) is 7.41. The van der Waals surface area contributed by atoms with Crippen molar-refractivity contribution < 1.29 is 4.79 Å². The van der Waals surface area contributed by atoms with Gasteiger partial charge < -0.3 is 9.80 Å². The first kappa shape index (κ1) is 18.6. The zero-order valence-corrected chi connectivity index (χ0v) is 15.8. The van der Waals surface area contributed by atoms with Gasteiger partial charge in [0.25, 0.3) is 5.56 Å². The highest BCUT2D eigenvalue weighted by Gasteiger charge is 2.17. The number of likely N-dealkylation sites (tertiary alicyclic amines) is 1. The highest BCUT2D eigenvalue weighted by Crippen LogP contribution is 2.14. The van der Waals surface area contributed by atoms with E-state index in [1.807, 2.05) is 32.2 Å². The molecule has 2 aromatic rings. The Morgan fingerprint density at radius 1 is 1.15 bits per heavy atom. The summed E-state index contributed by atoms with van der Waals surface area (Å²) >= 11 is 0. The van der Waals surface area contributed by atoms with Gasteiger partial charge in [0.15, 0.2) is 0 Å². The lowest BCUT2D eigenvalue weighted by molar-refractivity contribution is -0.129. The molecule has 6 nitrogen and oxygen atoms in total. The third kappa shape index (κ3) is 4.12. The van der Waals surface area contributed by atoms with Crippen LogP contribution in [0.1, 0.15) is 31.9 Å². The second-order valence-corrected chi connectivity index (χ2v) is 7.01. The zero-order chi connectivity index (χ0) is 18.5. The predicted molar refractivity (Wildman–Crippen MR) is 103 cm³/mol. The maximum absolute atomic E-state index is 12.7. The maximum atomic E-state index is 12.7. The second kappa shape index (κ2) is 8.45. The molecular weight excluding hydrogens is 328 g/mol. The van der Waals surface area contributed by atoms with Gasteiger partial charge in [-0.3, -0.25) is 9.59 Å². The molecule has 1 aromatic carbocycles. The average Bonchev–Trinajstić information content (AvgIpc) is 2.69. The van der Waals surface area contributed by atoms with Crippen molar-refractivity contribution in [3.63, 3.8) is 0 Å². The van der Waals surface area contributed by atoms with Gasteiger partial charge in [-0.25, -0.2) is 4.68 Å². The Balaban J connectivity index is 1.72. The van der Waals surface area contributed by atoms with E-state index >= 15 is 0 Å². The number of amides is 1. The summed E-state index contributed by atoms with van der Waals surface area (Å²) in [6.07, 6.45) is 4.05. The van der Waals surface area contributed by atoms with Crippen LogP contribution in [-0.2, 0) is 17.8 Å². The standard InChI is InChI=1S/C20H28N4O2/c1-3-24-20(26)17-10-6-5-9-16(17)18(21-24)15-19(25)22(2)13-14-23-11-7-4-8-12-23/h5-6,9-10H,3-4,7-8,11-15H2,1-2H3. The Hall–Kier alpha value is -2.21. The van der Waals surface area contributed by atoms with Gasteiger partial charge in [-0.2, -0.15) is 5.10 Å². The van der Waals surface area contributed by atoms with E-state index < -0.39 is 0 Å². The molecule has 140 valence electrons. The SMILES string of the molecule is CCn1nc(CC(=O)N(C)CCN2CCCCC2)c2ccccc2c1=O. The van der Waals surface area contributed by atoms with Crippen molar-refractivity contribution in [2.45, 2.75) is 39.2 Å². The molecule has 0 spiro atoms. The van der Waals surface area contributed by atoms with Gasteiger partial charge in [0.1, 0.15) is 0 Å². The molecule has 2 heterocycles. The first-order valence-corrected chi connectivity index (χ1v) is 9.55. The number of carbonyl (C=O) groups excluding carboxylic acids is 1. The van der Waals surface area contributed by atoms with Crippen molar-refractivity contribution in [1.82, 2.24) is 19.6 Å². The van der Waals surface area contributed by atoms with Gasteiger partial charge in [0, 0.05) is 32.1 Å². The number of aromatic nitrogens is 2. The highest BCUT2D eigenvalue weighted by atomic mass is 16.2. The first-order chi connectivity index (χ1) is 12.6. The molecule has 0 bridgehead atoms. The Bertz CT molecular complexity index is 824. The van der Waals surface area contributed by atoms with Gasteiger partial charge in [-0.15, -0.1) is 0 Å². The number of hydrogen-bond acceptors (Lipinski definition) is 4. The summed E-state index contributed by atoms with van der Waals surface area (Å²) in [6.45, 7) is 6.30. The number of rotatable bonds is 6. The summed E-state index contributed by atoms with van der Waals surface area (Å²) < 4.78 is 1.44. The van der Waals surface area contributed by atoms with Gasteiger partial charge in [-0.05, 0) is 38.9 Å². The van der Waals surface area contributed by atoms with Crippen LogP contribution >= 0.6 is 0 Å². The quantitative estimate of drug-likeness (QED) is 0.793. The molecular formula is C20H28N4O2. The average molecular weight is 356 g/mol. The smallest absolute Gasteiger partial charge is 0.274 e. The van der Waals surface area contributed by atoms with Crippen LogP contribution < -0.4 is 5.56 Å². The topological polar surface area (TPSA) is 58.4 Å². The molecule has 0 atom stereocenters. The normalized spacial score (nSPS) is 15.3. The molecule has 1 amide bonds. The highest BCUT2D eigenvalue weighted by molar-refractivity contribution is 5.88. The van der Waals surface area contributed by atoms with Crippen molar-refractivity contribution in [3.05, 3.63) is 40.3 Å². The number of aryl methyl sites for hydroxylation is 1. The van der Waals surface area contributed by atoms with Crippen LogP contribution in [0.2, 0.25) is 0 Å². The molecule has 1 aliphatic heterocycles. The molecule has 26 heavy (non-hydrogen) atoms. The fourth-order valence-electron chi connectivity index (χ4n) is 3.53. The fraction of sp³-hybridized carbons (Fsp3) is 0.550. The lowest BCUT2D eigenvalue weighted by atomic mass is 10.1. The number of nitrogens with zero attached hydrogens (tertiary/aromatic N) is 4. The maximum Gasteiger partial charge on any atom is 0.274 e. The monoisotopic (exact) mass is 356 g/mol. The van der Waals surface area contributed by atoms with Crippen LogP contribution in [0.5, 0.6) is 0 Å². The first-order valence-electron chi connectivity index (χ1n) is 9.55. The number of benzene rings is 1. The Morgan fingerprint density at radius 3 is 2.54 bits per heavy atom.